The molecule has 3 rings (SSSR count). The Kier molecular flexibility index (Phi) is 5.49. The lowest BCUT2D eigenvalue weighted by molar-refractivity contribution is -0.385. The largest absolute Gasteiger partial charge is 0.344 e. The maximum Gasteiger partial charge on any atom is 0.323 e. The summed E-state index contributed by atoms with van der Waals surface area (Å²) in [6.45, 7) is 9.34. The molecule has 3 aromatic rings. The topological polar surface area (TPSA) is 119 Å². The summed E-state index contributed by atoms with van der Waals surface area (Å²) in [5, 5.41) is 25.2. The van der Waals surface area contributed by atoms with Crippen LogP contribution in [0.15, 0.2) is 30.5 Å². The van der Waals surface area contributed by atoms with E-state index in [1.165, 1.54) is 0 Å². The van der Waals surface area contributed by atoms with Crippen LogP contribution in [-0.4, -0.2) is 30.8 Å². The molecular formula is C20H24N6O3. The van der Waals surface area contributed by atoms with Crippen molar-refractivity contribution >= 4 is 11.6 Å². The Balaban J connectivity index is 1.84. The quantitative estimate of drug-likeness (QED) is 0.486. The van der Waals surface area contributed by atoms with Crippen molar-refractivity contribution in [1.82, 2.24) is 25.3 Å². The number of rotatable bonds is 6. The van der Waals surface area contributed by atoms with Gasteiger partial charge in [-0.1, -0.05) is 31.5 Å². The lowest BCUT2D eigenvalue weighted by atomic mass is 10.1. The van der Waals surface area contributed by atoms with Crippen LogP contribution in [0.2, 0.25) is 0 Å². The third kappa shape index (κ3) is 3.89. The molecule has 2 heterocycles. The molecule has 0 radical (unpaired) electrons. The molecule has 9 heteroatoms. The summed E-state index contributed by atoms with van der Waals surface area (Å²) >= 11 is 0. The number of aromatic amines is 1. The highest BCUT2D eigenvalue weighted by Crippen LogP contribution is 2.28. The van der Waals surface area contributed by atoms with Crippen LogP contribution in [0.1, 0.15) is 65.7 Å². The normalized spacial score (nSPS) is 12.2. The van der Waals surface area contributed by atoms with Crippen LogP contribution < -0.4 is 5.32 Å². The second kappa shape index (κ2) is 7.86. The second-order valence-electron chi connectivity index (χ2n) is 7.37. The summed E-state index contributed by atoms with van der Waals surface area (Å²) in [6.07, 6.45) is 1.69. The first-order valence-electron chi connectivity index (χ1n) is 9.35. The second-order valence-corrected chi connectivity index (χ2v) is 7.37. The van der Waals surface area contributed by atoms with Crippen LogP contribution in [0.5, 0.6) is 0 Å². The van der Waals surface area contributed by atoms with Crippen molar-refractivity contribution < 1.29 is 9.72 Å². The Hall–Kier alpha value is -3.49. The number of hydrogen-bond acceptors (Lipinski definition) is 5. The van der Waals surface area contributed by atoms with Crippen molar-refractivity contribution in [2.75, 3.05) is 0 Å². The van der Waals surface area contributed by atoms with Gasteiger partial charge in [0.05, 0.1) is 22.8 Å². The maximum absolute atomic E-state index is 12.7. The minimum absolute atomic E-state index is 0.156. The Morgan fingerprint density at radius 3 is 2.45 bits per heavy atom. The van der Waals surface area contributed by atoms with E-state index in [4.69, 9.17) is 0 Å². The molecule has 0 aliphatic heterocycles. The number of carbonyl (C=O) groups is 1. The molecule has 1 aromatic carbocycles. The van der Waals surface area contributed by atoms with Crippen molar-refractivity contribution in [3.8, 4) is 5.69 Å². The highest BCUT2D eigenvalue weighted by Gasteiger charge is 2.31. The number of aromatic nitrogens is 4. The smallest absolute Gasteiger partial charge is 0.323 e. The van der Waals surface area contributed by atoms with E-state index < -0.39 is 16.9 Å². The molecule has 0 aliphatic rings. The number of nitrogens with one attached hydrogen (secondary N) is 2. The number of nitrogens with zero attached hydrogens (tertiary/aromatic N) is 4. The molecule has 0 fully saturated rings. The first-order valence-corrected chi connectivity index (χ1v) is 9.35. The third-order valence-corrected chi connectivity index (χ3v) is 4.88. The summed E-state index contributed by atoms with van der Waals surface area (Å²) < 4.78 is 1.80. The van der Waals surface area contributed by atoms with Gasteiger partial charge in [0.25, 0.3) is 5.91 Å². The van der Waals surface area contributed by atoms with Gasteiger partial charge in [0.15, 0.2) is 0 Å². The Labute approximate surface area is 168 Å². The zero-order valence-electron chi connectivity index (χ0n) is 17.1. The van der Waals surface area contributed by atoms with Gasteiger partial charge in [-0.2, -0.15) is 10.2 Å². The Morgan fingerprint density at radius 2 is 1.86 bits per heavy atom. The Morgan fingerprint density at radius 1 is 1.21 bits per heavy atom. The lowest BCUT2D eigenvalue weighted by Gasteiger charge is -2.13. The fourth-order valence-corrected chi connectivity index (χ4v) is 3.23. The minimum Gasteiger partial charge on any atom is -0.344 e. The van der Waals surface area contributed by atoms with Gasteiger partial charge >= 0.3 is 5.69 Å². The minimum atomic E-state index is -0.602. The van der Waals surface area contributed by atoms with Crippen LogP contribution in [0.25, 0.3) is 5.69 Å². The SMILES string of the molecule is Cc1ccc(-n2ncc([C@H](C)NC(=O)c3n[nH]c(C(C)C)c3[N+](=O)[O-])c2C)cc1. The molecule has 0 unspecified atom stereocenters. The molecule has 2 N–H and O–H groups in total. The predicted molar refractivity (Wildman–Crippen MR) is 108 cm³/mol. The molecule has 152 valence electrons. The van der Waals surface area contributed by atoms with Gasteiger partial charge in [-0.05, 0) is 32.9 Å². The summed E-state index contributed by atoms with van der Waals surface area (Å²) in [4.78, 5) is 23.6. The van der Waals surface area contributed by atoms with Crippen molar-refractivity contribution in [2.45, 2.75) is 46.6 Å². The van der Waals surface area contributed by atoms with E-state index in [9.17, 15) is 14.9 Å². The molecular weight excluding hydrogens is 372 g/mol. The summed E-state index contributed by atoms with van der Waals surface area (Å²) in [5.74, 6) is -0.758. The molecule has 0 spiro atoms. The average Bonchev–Trinajstić information content (AvgIpc) is 3.26. The van der Waals surface area contributed by atoms with Crippen molar-refractivity contribution in [3.63, 3.8) is 0 Å². The molecule has 0 saturated heterocycles. The van der Waals surface area contributed by atoms with E-state index in [1.807, 2.05) is 45.0 Å². The average molecular weight is 396 g/mol. The molecule has 29 heavy (non-hydrogen) atoms. The molecule has 2 aromatic heterocycles. The monoisotopic (exact) mass is 396 g/mol. The zero-order chi connectivity index (χ0) is 21.3. The van der Waals surface area contributed by atoms with Crippen molar-refractivity contribution in [3.05, 3.63) is 68.8 Å². The number of benzene rings is 1. The van der Waals surface area contributed by atoms with Gasteiger partial charge in [0, 0.05) is 17.2 Å². The van der Waals surface area contributed by atoms with Crippen molar-refractivity contribution in [2.24, 2.45) is 0 Å². The summed E-state index contributed by atoms with van der Waals surface area (Å²) in [7, 11) is 0. The first-order chi connectivity index (χ1) is 13.7. The highest BCUT2D eigenvalue weighted by molar-refractivity contribution is 5.96. The van der Waals surface area contributed by atoms with Crippen LogP contribution in [0, 0.1) is 24.0 Å². The summed E-state index contributed by atoms with van der Waals surface area (Å²) in [5.41, 5.74) is 3.60. The molecule has 9 nitrogen and oxygen atoms in total. The standard InChI is InChI=1S/C20H24N6O3/c1-11(2)17-19(26(28)29)18(24-23-17)20(27)22-13(4)16-10-21-25(14(16)5)15-8-6-12(3)7-9-15/h6-11,13H,1-5H3,(H,22,27)(H,23,24)/t13-/m0/s1. The number of carbonyl (C=O) groups excluding carboxylic acids is 1. The molecule has 1 atom stereocenters. The van der Waals surface area contributed by atoms with Crippen LogP contribution >= 0.6 is 0 Å². The first kappa shape index (κ1) is 20.2. The summed E-state index contributed by atoms with van der Waals surface area (Å²) in [6, 6.07) is 7.56. The van der Waals surface area contributed by atoms with E-state index in [2.05, 4.69) is 20.6 Å². The van der Waals surface area contributed by atoms with E-state index in [1.54, 1.807) is 24.7 Å². The molecule has 1 amide bonds. The van der Waals surface area contributed by atoms with Gasteiger partial charge in [0.1, 0.15) is 5.69 Å². The van der Waals surface area contributed by atoms with E-state index in [-0.39, 0.29) is 17.3 Å². The molecule has 0 bridgehead atoms. The van der Waals surface area contributed by atoms with Gasteiger partial charge < -0.3 is 5.32 Å². The number of aryl methyl sites for hydroxylation is 1. The maximum atomic E-state index is 12.7. The van der Waals surface area contributed by atoms with Crippen LogP contribution in [0.3, 0.4) is 0 Å². The van der Waals surface area contributed by atoms with Crippen LogP contribution in [-0.2, 0) is 0 Å². The number of H-pyrrole nitrogens is 1. The fraction of sp³-hybridized carbons (Fsp3) is 0.350. The van der Waals surface area contributed by atoms with Gasteiger partial charge in [-0.25, -0.2) is 4.68 Å². The predicted octanol–water partition coefficient (Wildman–Crippen LogP) is 3.73. The van der Waals surface area contributed by atoms with E-state index in [0.29, 0.717) is 5.69 Å². The Bertz CT molecular complexity index is 1050. The lowest BCUT2D eigenvalue weighted by Crippen LogP contribution is -2.28. The molecule has 0 saturated carbocycles. The third-order valence-electron chi connectivity index (χ3n) is 4.88. The van der Waals surface area contributed by atoms with Gasteiger partial charge in [-0.15, -0.1) is 0 Å². The number of hydrogen-bond donors (Lipinski definition) is 2. The van der Waals surface area contributed by atoms with E-state index in [0.717, 1.165) is 22.5 Å². The van der Waals surface area contributed by atoms with Crippen molar-refractivity contribution in [1.29, 1.82) is 0 Å². The van der Waals surface area contributed by atoms with E-state index >= 15 is 0 Å². The number of nitro groups is 1. The van der Waals surface area contributed by atoms with Gasteiger partial charge in [-0.3, -0.25) is 20.0 Å². The fourth-order valence-electron chi connectivity index (χ4n) is 3.23. The molecule has 0 aliphatic carbocycles. The van der Waals surface area contributed by atoms with Crippen LogP contribution in [0.4, 0.5) is 5.69 Å². The highest BCUT2D eigenvalue weighted by atomic mass is 16.6. The van der Waals surface area contributed by atoms with Gasteiger partial charge in [0.2, 0.25) is 5.69 Å². The zero-order valence-corrected chi connectivity index (χ0v) is 17.1. The number of amides is 1.